The fraction of sp³-hybridized carbons (Fsp3) is 0.870. The number of ketones is 1. The van der Waals surface area contributed by atoms with E-state index in [0.717, 1.165) is 92.6 Å². The summed E-state index contributed by atoms with van der Waals surface area (Å²) in [6.07, 6.45) is 10.5. The Morgan fingerprint density at radius 3 is 1.98 bits per heavy atom. The van der Waals surface area contributed by atoms with Gasteiger partial charge in [0.05, 0.1) is 58.7 Å². The molecule has 5 saturated carbocycles. The highest BCUT2D eigenvalue weighted by Gasteiger charge is 2.79. The second-order valence-corrected chi connectivity index (χ2v) is 26.5. The van der Waals surface area contributed by atoms with Crippen LogP contribution >= 0.6 is 0 Å². The molecule has 362 valence electrons. The molecular weight excluding hydrogens is 837 g/mol. The molecule has 4 aliphatic heterocycles. The van der Waals surface area contributed by atoms with Gasteiger partial charge < -0.3 is 44.5 Å². The smallest absolute Gasteiger partial charge is 0.201 e. The van der Waals surface area contributed by atoms with Gasteiger partial charge in [-0.15, -0.1) is 0 Å². The van der Waals surface area contributed by atoms with Crippen molar-refractivity contribution in [3.63, 3.8) is 0 Å². The molecule has 4 saturated heterocycles. The summed E-state index contributed by atoms with van der Waals surface area (Å²) >= 11 is 0. The predicted octanol–water partition coefficient (Wildman–Crippen LogP) is 5.58. The lowest BCUT2D eigenvalue weighted by Gasteiger charge is -2.62. The zero-order valence-electron chi connectivity index (χ0n) is 40.6. The van der Waals surface area contributed by atoms with Crippen LogP contribution in [0.2, 0.25) is 0 Å². The molecule has 12 aliphatic rings. The molecule has 66 heavy (non-hydrogen) atoms. The number of carbonyl (C=O) groups is 1. The summed E-state index contributed by atoms with van der Waals surface area (Å²) in [5.74, 6) is -0.391. The van der Waals surface area contributed by atoms with Gasteiger partial charge in [0.1, 0.15) is 29.7 Å². The van der Waals surface area contributed by atoms with Crippen LogP contribution in [0.5, 0.6) is 0 Å². The molecule has 1 aromatic heterocycles. The number of Topliss-reactive ketones (excluding diaryl/α,β-unsaturated/α-hetero) is 1. The minimum Gasteiger partial charge on any atom is -0.393 e. The van der Waals surface area contributed by atoms with E-state index in [1.165, 1.54) is 0 Å². The van der Waals surface area contributed by atoms with Crippen molar-refractivity contribution in [2.45, 2.75) is 198 Å². The Morgan fingerprint density at radius 2 is 1.35 bits per heavy atom. The lowest BCUT2D eigenvalue weighted by Crippen LogP contribution is -2.66. The summed E-state index contributed by atoms with van der Waals surface area (Å²) in [4.78, 5) is 26.2. The maximum absolute atomic E-state index is 15.0. The number of ether oxygens (including phenoxy) is 4. The third kappa shape index (κ3) is 5.02. The first-order valence-electron chi connectivity index (χ1n) is 26.3. The topological polar surface area (TPSA) is 181 Å². The number of hydrogen-bond acceptors (Lipinski definition) is 12. The lowest BCUT2D eigenvalue weighted by molar-refractivity contribution is -0.342. The number of aromatic nitrogens is 2. The third-order valence-corrected chi connectivity index (χ3v) is 23.5. The van der Waals surface area contributed by atoms with Crippen LogP contribution in [0, 0.1) is 80.8 Å². The van der Waals surface area contributed by atoms with Crippen molar-refractivity contribution < 1.29 is 49.3 Å². The average Bonchev–Trinajstić information content (AvgIpc) is 3.98. The number of rotatable bonds is 1. The molecule has 9 fully saturated rings. The summed E-state index contributed by atoms with van der Waals surface area (Å²) in [7, 11) is 0. The van der Waals surface area contributed by atoms with Gasteiger partial charge in [0.2, 0.25) is 5.79 Å². The Hall–Kier alpha value is -1.87. The summed E-state index contributed by atoms with van der Waals surface area (Å²) in [6, 6.07) is 0. The Bertz CT molecular complexity index is 2320. The fourth-order valence-electron chi connectivity index (χ4n) is 20.0. The standard InChI is InChI=1S/C54H76N2O10/c1-26-32-13-14-33-30-11-9-28-15-37-40(21-49(28,7)35(30)18-42(59)51(32,33)25-63-53(26)43(60)22-46(3,4)65-53)56-38-16-29-10-12-31-34(48(29,6)20-39(38)55-37)17-41(58)50(8)36(31)19-45-52(50,62)27(2)54(64-45)44(61)23-47(5,24-57)66-54/h19,26-35,41,43-45,57-58,60-62H,9-18,20-25H2,1-8H3/t26-,27-,28-,29-,30-,31+,32+,33-,34-,35-,41+,43+,44+,45-,47-,48-,49-,50+,51+,52+,53-,54-/m0/s1. The van der Waals surface area contributed by atoms with E-state index in [4.69, 9.17) is 28.9 Å². The Labute approximate surface area is 390 Å². The number of aliphatic hydroxyl groups is 5. The van der Waals surface area contributed by atoms with Gasteiger partial charge in [-0.3, -0.25) is 14.8 Å². The van der Waals surface area contributed by atoms with Crippen molar-refractivity contribution in [3.05, 3.63) is 34.4 Å². The second kappa shape index (κ2) is 13.3. The number of hydrogen-bond donors (Lipinski definition) is 5. The molecule has 12 heteroatoms. The van der Waals surface area contributed by atoms with E-state index in [0.29, 0.717) is 61.2 Å². The first-order valence-corrected chi connectivity index (χ1v) is 26.3. The molecule has 8 aliphatic carbocycles. The molecule has 1 aromatic rings. The maximum Gasteiger partial charge on any atom is 0.201 e. The number of nitrogens with zero attached hydrogens (tertiary/aromatic N) is 2. The van der Waals surface area contributed by atoms with Crippen LogP contribution in [0.1, 0.15) is 142 Å². The highest BCUT2D eigenvalue weighted by atomic mass is 16.7. The minimum atomic E-state index is -1.49. The molecule has 0 aromatic carbocycles. The summed E-state index contributed by atoms with van der Waals surface area (Å²) in [6.45, 7) is 16.9. The molecule has 22 atom stereocenters. The number of aliphatic hydroxyl groups excluding tert-OH is 4. The molecule has 13 rings (SSSR count). The monoisotopic (exact) mass is 913 g/mol. The third-order valence-electron chi connectivity index (χ3n) is 23.5. The van der Waals surface area contributed by atoms with Crippen LogP contribution in [0.4, 0.5) is 0 Å². The van der Waals surface area contributed by atoms with Gasteiger partial charge in [-0.25, -0.2) is 0 Å². The molecule has 0 unspecified atom stereocenters. The van der Waals surface area contributed by atoms with E-state index < -0.39 is 69.5 Å². The largest absolute Gasteiger partial charge is 0.393 e. The van der Waals surface area contributed by atoms with E-state index >= 15 is 0 Å². The van der Waals surface area contributed by atoms with Gasteiger partial charge >= 0.3 is 0 Å². The van der Waals surface area contributed by atoms with Gasteiger partial charge in [0, 0.05) is 36.5 Å². The van der Waals surface area contributed by atoms with Crippen molar-refractivity contribution in [2.75, 3.05) is 13.2 Å². The zero-order chi connectivity index (χ0) is 46.3. The summed E-state index contributed by atoms with van der Waals surface area (Å²) in [5, 5.41) is 58.3. The van der Waals surface area contributed by atoms with Crippen molar-refractivity contribution in [2.24, 2.45) is 80.8 Å². The van der Waals surface area contributed by atoms with Crippen LogP contribution in [0.25, 0.3) is 0 Å². The molecule has 0 amide bonds. The molecule has 5 N–H and O–H groups in total. The lowest BCUT2D eigenvalue weighted by atomic mass is 9.43. The van der Waals surface area contributed by atoms with Crippen LogP contribution < -0.4 is 0 Å². The average molecular weight is 913 g/mol. The van der Waals surface area contributed by atoms with E-state index in [1.54, 1.807) is 6.92 Å². The first kappa shape index (κ1) is 44.1. The summed E-state index contributed by atoms with van der Waals surface area (Å²) in [5.41, 5.74) is 1.10. The molecule has 0 bridgehead atoms. The molecule has 3 spiro atoms. The Morgan fingerprint density at radius 1 is 0.712 bits per heavy atom. The van der Waals surface area contributed by atoms with Gasteiger partial charge in [-0.05, 0) is 150 Å². The molecule has 5 heterocycles. The van der Waals surface area contributed by atoms with E-state index in [-0.39, 0.29) is 47.5 Å². The zero-order valence-corrected chi connectivity index (χ0v) is 40.6. The van der Waals surface area contributed by atoms with E-state index in [9.17, 15) is 30.3 Å². The minimum absolute atomic E-state index is 0.0316. The van der Waals surface area contributed by atoms with Gasteiger partial charge in [0.25, 0.3) is 0 Å². The molecule has 0 radical (unpaired) electrons. The van der Waals surface area contributed by atoms with E-state index in [1.807, 2.05) is 27.7 Å². The quantitative estimate of drug-likeness (QED) is 0.221. The van der Waals surface area contributed by atoms with Crippen LogP contribution in [0.15, 0.2) is 11.6 Å². The van der Waals surface area contributed by atoms with Gasteiger partial charge in [-0.2, -0.15) is 0 Å². The van der Waals surface area contributed by atoms with Crippen LogP contribution in [-0.2, 0) is 49.4 Å². The summed E-state index contributed by atoms with van der Waals surface area (Å²) < 4.78 is 26.3. The Kier molecular flexibility index (Phi) is 8.92. The van der Waals surface area contributed by atoms with Crippen molar-refractivity contribution in [3.8, 4) is 0 Å². The maximum atomic E-state index is 15.0. The number of fused-ring (bicyclic) bond motifs is 13. The van der Waals surface area contributed by atoms with Gasteiger partial charge in [-0.1, -0.05) is 46.3 Å². The first-order chi connectivity index (χ1) is 31.0. The number of carbonyl (C=O) groups excluding carboxylic acids is 1. The van der Waals surface area contributed by atoms with Crippen LogP contribution in [0.3, 0.4) is 0 Å². The Balaban J connectivity index is 0.760. The van der Waals surface area contributed by atoms with E-state index in [2.05, 4.69) is 26.8 Å². The highest BCUT2D eigenvalue weighted by Crippen LogP contribution is 2.73. The van der Waals surface area contributed by atoms with Gasteiger partial charge in [0.15, 0.2) is 5.79 Å². The van der Waals surface area contributed by atoms with Crippen molar-refractivity contribution in [1.82, 2.24) is 9.97 Å². The normalized spacial score (nSPS) is 58.0. The molecular formula is C54H76N2O10. The molecule has 12 nitrogen and oxygen atoms in total. The van der Waals surface area contributed by atoms with Crippen molar-refractivity contribution >= 4 is 5.78 Å². The second-order valence-electron chi connectivity index (χ2n) is 26.5. The fourth-order valence-corrected chi connectivity index (χ4v) is 20.0. The van der Waals surface area contributed by atoms with Crippen LogP contribution in [-0.4, -0.2) is 107 Å². The van der Waals surface area contributed by atoms with Crippen molar-refractivity contribution in [1.29, 1.82) is 0 Å². The highest BCUT2D eigenvalue weighted by molar-refractivity contribution is 5.88. The SMILES string of the molecule is C[C@@H]1[C@]2(O[C@H]3C=C4[C@@H]5CC[C@H]6Cc7nc8c(nc7C[C@]6(C)[C@H]5C[C@@H](O)[C@]4(C)[C@]31O)C[C@@H]1CC[C@@H]3[C@H](CC(=O)[C@]45CO[C@]6(OC(C)(C)C[C@H]6O)[C@@H](C)[C@H]4CC[C@@H]35)[C@@]1(C)C8)O[C@](C)(CO)C[C@H]2O. The predicted molar refractivity (Wildman–Crippen MR) is 240 cm³/mol.